The lowest BCUT2D eigenvalue weighted by Crippen LogP contribution is -2.43. The smallest absolute Gasteiger partial charge is 0.358 e. The van der Waals surface area contributed by atoms with Crippen LogP contribution < -0.4 is 14.4 Å². The molecule has 0 unspecified atom stereocenters. The summed E-state index contributed by atoms with van der Waals surface area (Å²) in [6.45, 7) is 4.78. The van der Waals surface area contributed by atoms with Gasteiger partial charge >= 0.3 is 12.0 Å². The summed E-state index contributed by atoms with van der Waals surface area (Å²) < 4.78 is 48.2. The van der Waals surface area contributed by atoms with Gasteiger partial charge in [0.25, 0.3) is 0 Å². The standard InChI is InChI=1S/C26H30ClF2N7O4/c1-3-39-24(37)17-10-16-13-34(7-5-9-36(16)33-17)22-18-20(19(29)21(27)31-23(18)38-2)30-25(32-22)40-14-26-6-4-8-35(26)12-15(28)11-26/h10,15H,3-9,11-14H2,1-2H3/t15-,26+/m1/s1. The number of esters is 1. The van der Waals surface area contributed by atoms with Crippen molar-refractivity contribution in [1.82, 2.24) is 29.6 Å². The number of pyridine rings is 1. The molecule has 3 aliphatic rings. The molecule has 6 rings (SSSR count). The lowest BCUT2D eigenvalue weighted by molar-refractivity contribution is 0.0518. The van der Waals surface area contributed by atoms with E-state index >= 15 is 4.39 Å². The molecule has 14 heteroatoms. The summed E-state index contributed by atoms with van der Waals surface area (Å²) >= 11 is 6.10. The predicted octanol–water partition coefficient (Wildman–Crippen LogP) is 3.56. The monoisotopic (exact) mass is 577 g/mol. The molecule has 2 fully saturated rings. The number of halogens is 3. The van der Waals surface area contributed by atoms with Crippen LogP contribution in [0.2, 0.25) is 5.15 Å². The second kappa shape index (κ2) is 10.6. The van der Waals surface area contributed by atoms with Gasteiger partial charge in [0.15, 0.2) is 16.7 Å². The van der Waals surface area contributed by atoms with Gasteiger partial charge in [0.1, 0.15) is 29.5 Å². The third-order valence-electron chi connectivity index (χ3n) is 7.89. The van der Waals surface area contributed by atoms with Gasteiger partial charge < -0.3 is 19.1 Å². The number of ether oxygens (including phenoxy) is 3. The first-order valence-corrected chi connectivity index (χ1v) is 13.8. The van der Waals surface area contributed by atoms with E-state index in [4.69, 9.17) is 30.8 Å². The van der Waals surface area contributed by atoms with E-state index in [0.29, 0.717) is 44.8 Å². The number of hydrogen-bond donors (Lipinski definition) is 0. The van der Waals surface area contributed by atoms with Crippen molar-refractivity contribution >= 4 is 34.3 Å². The Labute approximate surface area is 234 Å². The van der Waals surface area contributed by atoms with Crippen LogP contribution in [0, 0.1) is 5.82 Å². The molecular formula is C26H30ClF2N7O4. The molecule has 11 nitrogen and oxygen atoms in total. The van der Waals surface area contributed by atoms with E-state index < -0.39 is 23.5 Å². The Kier molecular flexibility index (Phi) is 7.11. The molecule has 0 saturated carbocycles. The van der Waals surface area contributed by atoms with Gasteiger partial charge in [-0.2, -0.15) is 20.1 Å². The van der Waals surface area contributed by atoms with Crippen LogP contribution in [0.25, 0.3) is 10.9 Å². The molecule has 0 N–H and O–H groups in total. The Morgan fingerprint density at radius 3 is 2.88 bits per heavy atom. The van der Waals surface area contributed by atoms with Crippen LogP contribution >= 0.6 is 11.6 Å². The molecule has 214 valence electrons. The van der Waals surface area contributed by atoms with Gasteiger partial charge in [-0.1, -0.05) is 11.6 Å². The molecule has 3 aromatic heterocycles. The number of alkyl halides is 1. The molecule has 40 heavy (non-hydrogen) atoms. The summed E-state index contributed by atoms with van der Waals surface area (Å²) in [5, 5.41) is 4.28. The Balaban J connectivity index is 1.39. The summed E-state index contributed by atoms with van der Waals surface area (Å²) in [4.78, 5) is 29.5. The number of nitrogens with zero attached hydrogens (tertiary/aromatic N) is 7. The van der Waals surface area contributed by atoms with Gasteiger partial charge in [-0.3, -0.25) is 9.58 Å². The van der Waals surface area contributed by atoms with Gasteiger partial charge in [0.2, 0.25) is 5.88 Å². The van der Waals surface area contributed by atoms with E-state index in [9.17, 15) is 9.18 Å². The third kappa shape index (κ3) is 4.68. The largest absolute Gasteiger partial charge is 0.480 e. The number of fused-ring (bicyclic) bond motifs is 3. The number of methoxy groups -OCH3 is 1. The molecule has 3 aliphatic heterocycles. The van der Waals surface area contributed by atoms with Crippen molar-refractivity contribution < 1.29 is 27.8 Å². The van der Waals surface area contributed by atoms with E-state index in [1.165, 1.54) is 7.11 Å². The van der Waals surface area contributed by atoms with E-state index in [1.54, 1.807) is 17.7 Å². The highest BCUT2D eigenvalue weighted by molar-refractivity contribution is 6.30. The molecule has 3 aromatic rings. The van der Waals surface area contributed by atoms with E-state index in [1.807, 2.05) is 4.90 Å². The van der Waals surface area contributed by atoms with E-state index in [0.717, 1.165) is 25.1 Å². The van der Waals surface area contributed by atoms with Crippen LogP contribution in [0.3, 0.4) is 0 Å². The molecule has 2 atom stereocenters. The summed E-state index contributed by atoms with van der Waals surface area (Å²) in [6.07, 6.45) is 1.91. The first-order chi connectivity index (χ1) is 19.3. The Bertz CT molecular complexity index is 1460. The summed E-state index contributed by atoms with van der Waals surface area (Å²) in [6, 6.07) is 1.64. The zero-order chi connectivity index (χ0) is 28.0. The van der Waals surface area contributed by atoms with Crippen molar-refractivity contribution in [2.75, 3.05) is 44.9 Å². The fraction of sp³-hybridized carbons (Fsp3) is 0.577. The van der Waals surface area contributed by atoms with Gasteiger partial charge in [0, 0.05) is 26.1 Å². The number of carbonyl (C=O) groups is 1. The number of rotatable bonds is 7. The lowest BCUT2D eigenvalue weighted by Gasteiger charge is -2.31. The normalized spacial score (nSPS) is 22.7. The highest BCUT2D eigenvalue weighted by Crippen LogP contribution is 2.41. The first kappa shape index (κ1) is 26.9. The van der Waals surface area contributed by atoms with E-state index in [-0.39, 0.29) is 46.9 Å². The minimum Gasteiger partial charge on any atom is -0.480 e. The number of anilines is 1. The van der Waals surface area contributed by atoms with Crippen molar-refractivity contribution in [3.8, 4) is 11.9 Å². The van der Waals surface area contributed by atoms with E-state index in [2.05, 4.69) is 20.0 Å². The van der Waals surface area contributed by atoms with Crippen LogP contribution in [0.1, 0.15) is 48.8 Å². The average molecular weight is 578 g/mol. The molecule has 2 saturated heterocycles. The molecule has 0 spiro atoms. The second-order valence-electron chi connectivity index (χ2n) is 10.4. The number of aromatic nitrogens is 5. The van der Waals surface area contributed by atoms with Gasteiger partial charge in [-0.05, 0) is 38.8 Å². The van der Waals surface area contributed by atoms with Crippen LogP contribution in [0.4, 0.5) is 14.6 Å². The van der Waals surface area contributed by atoms with Gasteiger partial charge in [0.05, 0.1) is 31.5 Å². The van der Waals surface area contributed by atoms with Crippen molar-refractivity contribution in [1.29, 1.82) is 0 Å². The summed E-state index contributed by atoms with van der Waals surface area (Å²) in [5.41, 5.74) is 0.465. The molecule has 0 bridgehead atoms. The fourth-order valence-corrected chi connectivity index (χ4v) is 6.28. The lowest BCUT2D eigenvalue weighted by atomic mass is 9.95. The Morgan fingerprint density at radius 2 is 2.08 bits per heavy atom. The topological polar surface area (TPSA) is 108 Å². The summed E-state index contributed by atoms with van der Waals surface area (Å²) in [5.74, 6) is -0.892. The van der Waals surface area contributed by atoms with Gasteiger partial charge in [-0.25, -0.2) is 13.6 Å². The quantitative estimate of drug-likeness (QED) is 0.305. The molecule has 6 heterocycles. The number of carbonyl (C=O) groups excluding carboxylic acids is 1. The van der Waals surface area contributed by atoms with Crippen molar-refractivity contribution in [3.63, 3.8) is 0 Å². The van der Waals surface area contributed by atoms with Crippen molar-refractivity contribution in [2.45, 2.75) is 57.4 Å². The maximum absolute atomic E-state index is 15.4. The minimum absolute atomic E-state index is 0.0424. The fourth-order valence-electron chi connectivity index (χ4n) is 6.11. The second-order valence-corrected chi connectivity index (χ2v) is 10.7. The van der Waals surface area contributed by atoms with Crippen LogP contribution in [-0.2, 0) is 17.8 Å². The predicted molar refractivity (Wildman–Crippen MR) is 141 cm³/mol. The maximum Gasteiger partial charge on any atom is 0.358 e. The molecular weight excluding hydrogens is 548 g/mol. The SMILES string of the molecule is CCOC(=O)c1cc2n(n1)CCCN(c1nc(OC[C@@]34CCCN3C[C@H](F)C4)nc3c(F)c(Cl)nc(OC)c13)C2. The third-order valence-corrected chi connectivity index (χ3v) is 8.14. The molecule has 0 radical (unpaired) electrons. The molecule has 0 aromatic carbocycles. The van der Waals surface area contributed by atoms with Crippen LogP contribution in [0.15, 0.2) is 6.07 Å². The van der Waals surface area contributed by atoms with Crippen molar-refractivity contribution in [2.24, 2.45) is 0 Å². The Morgan fingerprint density at radius 1 is 1.23 bits per heavy atom. The number of hydrogen-bond acceptors (Lipinski definition) is 10. The molecule has 0 aliphatic carbocycles. The highest BCUT2D eigenvalue weighted by atomic mass is 35.5. The first-order valence-electron chi connectivity index (χ1n) is 13.4. The molecule has 0 amide bonds. The van der Waals surface area contributed by atoms with Crippen molar-refractivity contribution in [3.05, 3.63) is 28.4 Å². The minimum atomic E-state index is -0.912. The number of aryl methyl sites for hydroxylation is 1. The van der Waals surface area contributed by atoms with Crippen LogP contribution in [0.5, 0.6) is 11.9 Å². The summed E-state index contributed by atoms with van der Waals surface area (Å²) in [7, 11) is 1.41. The maximum atomic E-state index is 15.4. The Hall–Kier alpha value is -3.32. The zero-order valence-electron chi connectivity index (χ0n) is 22.3. The zero-order valence-corrected chi connectivity index (χ0v) is 23.1. The highest BCUT2D eigenvalue weighted by Gasteiger charge is 2.49. The van der Waals surface area contributed by atoms with Gasteiger partial charge in [-0.15, -0.1) is 0 Å². The van der Waals surface area contributed by atoms with Crippen LogP contribution in [-0.4, -0.2) is 87.3 Å². The average Bonchev–Trinajstić information content (AvgIpc) is 3.56.